The molecule has 6 aromatic carbocycles. The van der Waals surface area contributed by atoms with Crippen LogP contribution < -0.4 is 35.2 Å². The van der Waals surface area contributed by atoms with Gasteiger partial charge in [0.1, 0.15) is 11.6 Å². The molecule has 0 aliphatic rings. The summed E-state index contributed by atoms with van der Waals surface area (Å²) in [6.45, 7) is 22.4. The Bertz CT molecular complexity index is 6090. The minimum Gasteiger partial charge on any atom is -0.870 e. The van der Waals surface area contributed by atoms with E-state index in [9.17, 15) is 14.2 Å². The molecule has 1 amide bonds. The number of carbonyl (C=O) groups is 2. The number of nitrogen functional groups attached to an aromatic ring is 1. The van der Waals surface area contributed by atoms with Gasteiger partial charge in [-0.2, -0.15) is 83.0 Å². The fourth-order valence-corrected chi connectivity index (χ4v) is 12.4. The zero-order valence-corrected chi connectivity index (χ0v) is 79.6. The number of rotatable bonds is 16. The van der Waals surface area contributed by atoms with Crippen molar-refractivity contribution in [1.29, 1.82) is 0 Å². The number of fused-ring (bicyclic) bond motifs is 3. The van der Waals surface area contributed by atoms with Gasteiger partial charge in [-0.05, 0) is 204 Å². The fourth-order valence-electron chi connectivity index (χ4n) is 11.1. The summed E-state index contributed by atoms with van der Waals surface area (Å²) in [5.74, 6) is 1.19. The summed E-state index contributed by atoms with van der Waals surface area (Å²) in [7, 11) is 0. The number of hydrogen-bond acceptors (Lipinski definition) is 27. The fraction of sp³-hybridized carbons (Fsp3) is 0.191. The topological polar surface area (TPSA) is 473 Å². The van der Waals surface area contributed by atoms with Gasteiger partial charge in [0.2, 0.25) is 0 Å². The Balaban J connectivity index is 0.00000149. The molecule has 8 aromatic heterocycles. The average Bonchev–Trinajstić information content (AvgIpc) is 1.64. The first kappa shape index (κ1) is 118. The van der Waals surface area contributed by atoms with Crippen LogP contribution in [0, 0.1) is 34.6 Å². The van der Waals surface area contributed by atoms with Crippen LogP contribution in [0.4, 0.5) is 17.3 Å². The van der Waals surface area contributed by atoms with Crippen LogP contribution in [0.1, 0.15) is 112 Å². The van der Waals surface area contributed by atoms with Gasteiger partial charge >= 0.3 is 66.9 Å². The predicted molar refractivity (Wildman–Crippen MR) is 493 cm³/mol. The molecule has 0 aliphatic carbocycles. The van der Waals surface area contributed by atoms with Crippen molar-refractivity contribution >= 4 is 189 Å². The molecule has 42 heteroatoms. The van der Waals surface area contributed by atoms with Crippen LogP contribution in [0.25, 0.3) is 61.5 Å². The Morgan fingerprint density at radius 2 is 0.840 bits per heavy atom. The predicted octanol–water partition coefficient (Wildman–Crippen LogP) is 17.2. The maximum absolute atomic E-state index is 12.7. The molecule has 0 atom stereocenters. The molecule has 14 rings (SSSR count). The van der Waals surface area contributed by atoms with Gasteiger partial charge in [0, 0.05) is 52.7 Å². The van der Waals surface area contributed by atoms with E-state index >= 15 is 0 Å². The van der Waals surface area contributed by atoms with Crippen molar-refractivity contribution in [2.24, 2.45) is 0 Å². The van der Waals surface area contributed by atoms with Crippen LogP contribution in [-0.2, 0) is 78.1 Å². The van der Waals surface area contributed by atoms with Gasteiger partial charge in [-0.3, -0.25) is 9.36 Å². The van der Waals surface area contributed by atoms with Gasteiger partial charge in [0.25, 0.3) is 5.91 Å². The van der Waals surface area contributed by atoms with Gasteiger partial charge in [-0.1, -0.05) is 188 Å². The van der Waals surface area contributed by atoms with Crippen molar-refractivity contribution in [1.82, 2.24) is 63.9 Å². The first-order valence-electron chi connectivity index (χ1n) is 38.0. The molecule has 8 heterocycles. The van der Waals surface area contributed by atoms with Gasteiger partial charge in [-0.25, -0.2) is 43.2 Å². The normalized spacial score (nSPS) is 9.56. The number of anilines is 3. The molecular formula is C89H87BrCl6LiN16O17P. The Morgan fingerprint density at radius 3 is 1.21 bits per heavy atom. The third-order valence-corrected chi connectivity index (χ3v) is 18.2. The molecule has 0 spiro atoms. The number of pyridine rings is 3. The molecule has 5 N–H and O–H groups in total. The molecule has 0 saturated carbocycles. The molecule has 131 heavy (non-hydrogen) atoms. The van der Waals surface area contributed by atoms with Crippen LogP contribution in [0.3, 0.4) is 0 Å². The van der Waals surface area contributed by atoms with E-state index in [1.165, 1.54) is 11.8 Å². The number of nitrogens with two attached hydrogens (primary N) is 1. The van der Waals surface area contributed by atoms with Crippen molar-refractivity contribution in [3.63, 3.8) is 0 Å². The maximum atomic E-state index is 12.7. The van der Waals surface area contributed by atoms with Crippen molar-refractivity contribution in [2.75, 3.05) is 23.0 Å². The maximum Gasteiger partial charge on any atom is 1.00 e. The van der Waals surface area contributed by atoms with Crippen LogP contribution in [0.2, 0.25) is 15.1 Å². The summed E-state index contributed by atoms with van der Waals surface area (Å²) in [5, 5.41) is 29.7. The molecule has 0 fully saturated rings. The van der Waals surface area contributed by atoms with E-state index in [2.05, 4.69) is 146 Å². The number of aryl methyl sites for hydroxylation is 6. The summed E-state index contributed by atoms with van der Waals surface area (Å²) in [6, 6.07) is 62.6. The molecule has 0 aliphatic heterocycles. The van der Waals surface area contributed by atoms with Crippen molar-refractivity contribution in [3.05, 3.63) is 295 Å². The van der Waals surface area contributed by atoms with Crippen LogP contribution >= 0.6 is 89.7 Å². The van der Waals surface area contributed by atoms with Crippen LogP contribution in [0.15, 0.2) is 241 Å². The Labute approximate surface area is 802 Å². The number of carbonyl (C=O) groups excluding carboxylic acids is 14. The number of benzene rings is 6. The van der Waals surface area contributed by atoms with E-state index < -0.39 is 5.20 Å². The number of para-hydroxylation sites is 5. The number of hydrogen-bond donors (Lipinski definition) is 3. The van der Waals surface area contributed by atoms with E-state index in [1.54, 1.807) is 33.8 Å². The van der Waals surface area contributed by atoms with Crippen molar-refractivity contribution < 1.29 is 101 Å². The van der Waals surface area contributed by atoms with E-state index in [4.69, 9.17) is 103 Å². The molecule has 0 bridgehead atoms. The summed E-state index contributed by atoms with van der Waals surface area (Å²) in [4.78, 5) is 135. The van der Waals surface area contributed by atoms with E-state index in [0.29, 0.717) is 50.4 Å². The second-order valence-electron chi connectivity index (χ2n) is 24.9. The standard InChI is InChI=1S/C20H14BrClN4O.C16H21N3.C15H14ClN3.C13H10ClN3.C10H11N3.C9H16O2.6CO2.Cl3OP.Li.H2O/c1-12-17-18(22)16(20(27)24-14-9-7-13(21)8-10-14)11-23-19(17)26(25-12)15-5-3-2-4-6-15;1-4-14(5-2)12-17-16-11-13(3)18-19(16)15-9-7-6-8-10-15;1-3-11-9-17-15-13(14(11)16)10(2)18-19(15)12-7-5-4-6-8-12;1-9-12-11(14)7-8-15-13(12)17(16-9)10-5-3-2-4-6-10;1-8-7-10(11)13(12-8)9-5-3-2-4-6-9;1-4-7-8(5-2)9(10)11-6-3;6*2-1-3;1-5(2,3)4;;/h2-11H,1H3,(H,24,27);6-12,17H,4-5H2,1-3H3;4-9H,3H2,1-2H3;2-8H,1H3;2-7H,11H2,1H3;7H,4-6H2,1-3H3;;;;;;;;;1H2/q;;;;;;;;;;;;;+1;/p-1/b;;;;;8-7+;;;;;;;;;. The number of amides is 1. The molecule has 0 radical (unpaired) electrons. The van der Waals surface area contributed by atoms with Crippen molar-refractivity contribution in [3.8, 4) is 28.4 Å². The quantitative estimate of drug-likeness (QED) is 0.0350. The largest absolute Gasteiger partial charge is 1.00 e. The van der Waals surface area contributed by atoms with Gasteiger partial charge in [0.05, 0.1) is 100 Å². The average molecular weight is 1980 g/mol. The summed E-state index contributed by atoms with van der Waals surface area (Å²) < 4.78 is 24.3. The number of allylic oxidation sites excluding steroid dienone is 2. The zero-order chi connectivity index (χ0) is 96.6. The third kappa shape index (κ3) is 40.2. The van der Waals surface area contributed by atoms with E-state index in [0.717, 1.165) is 132 Å². The smallest absolute Gasteiger partial charge is 0.870 e. The molecule has 14 aromatic rings. The Kier molecular flexibility index (Phi) is 58.9. The number of halogens is 7. The zero-order valence-electron chi connectivity index (χ0n) is 72.6. The van der Waals surface area contributed by atoms with Crippen molar-refractivity contribution in [2.45, 2.75) is 108 Å². The SMILES string of the molecule is CC/C=C(\CC)C(=O)OCC.CCC(=CNc1cc(C)nn1-c1ccccc1)CC.CCc1cnc2c(c(C)nn2-c2ccccc2)c1Cl.Cc1cc(N)n(-c2ccccc2)n1.Cc1nn(-c2ccccc2)c2ncc(C(=O)Nc3ccc(Br)cc3)c(Cl)c12.Cc1nn(-c2ccccc2)c2nccc(Cl)c12.O=C=O.O=C=O.O=C=O.O=C=O.O=C=O.O=C=O.O=P(Cl)(Cl)Cl.[Li+].[OH-]. The molecule has 680 valence electrons. The number of esters is 1. The van der Waals surface area contributed by atoms with Crippen LogP contribution in [-0.4, -0.2) is 125 Å². The first-order chi connectivity index (χ1) is 61.8. The minimum atomic E-state index is -3.22. The minimum absolute atomic E-state index is 0. The summed E-state index contributed by atoms with van der Waals surface area (Å²) in [5.41, 5.74) is 21.6. The monoisotopic (exact) mass is 1980 g/mol. The molecular weight excluding hydrogens is 1900 g/mol. The molecule has 0 unspecified atom stereocenters. The second-order valence-corrected chi connectivity index (χ2v) is 33.6. The Hall–Kier alpha value is -13.1. The van der Waals surface area contributed by atoms with Gasteiger partial charge < -0.3 is 26.6 Å². The number of aromatic nitrogens is 13. The number of ether oxygens (including phenoxy) is 1. The summed E-state index contributed by atoms with van der Waals surface area (Å²) in [6.07, 6.45) is 15.2. The van der Waals surface area contributed by atoms with E-state index in [-0.39, 0.29) is 73.1 Å². The third-order valence-electron chi connectivity index (χ3n) is 16.5. The first-order valence-corrected chi connectivity index (χ1v) is 44.4. The number of nitrogens with one attached hydrogen (secondary N) is 2. The molecule has 33 nitrogen and oxygen atoms in total. The van der Waals surface area contributed by atoms with E-state index in [1.807, 2.05) is 239 Å². The summed E-state index contributed by atoms with van der Waals surface area (Å²) >= 11 is 36.4. The van der Waals surface area contributed by atoms with Gasteiger partial charge in [0.15, 0.2) is 16.9 Å². The second kappa shape index (κ2) is 65.5. The van der Waals surface area contributed by atoms with Gasteiger partial charge in [-0.15, -0.1) is 0 Å². The number of nitrogens with zero attached hydrogens (tertiary/aromatic N) is 13. The molecule has 0 saturated heterocycles. The van der Waals surface area contributed by atoms with Crippen LogP contribution in [0.5, 0.6) is 0 Å². The Morgan fingerprint density at radius 1 is 0.481 bits per heavy atom.